The number of carboxylic acids is 1. The van der Waals surface area contributed by atoms with Crippen LogP contribution in [0.3, 0.4) is 0 Å². The quantitative estimate of drug-likeness (QED) is 0.906. The molecule has 1 aliphatic heterocycles. The summed E-state index contributed by atoms with van der Waals surface area (Å²) in [4.78, 5) is 12.9. The maximum Gasteiger partial charge on any atom is 0.320 e. The third kappa shape index (κ3) is 3.41. The van der Waals surface area contributed by atoms with Gasteiger partial charge in [0.15, 0.2) is 0 Å². The van der Waals surface area contributed by atoms with E-state index in [1.807, 2.05) is 4.90 Å². The molecule has 1 fully saturated rings. The summed E-state index contributed by atoms with van der Waals surface area (Å²) in [6.07, 6.45) is 1.62. The largest absolute Gasteiger partial charge is 0.480 e. The second-order valence-electron chi connectivity index (χ2n) is 4.09. The van der Waals surface area contributed by atoms with E-state index >= 15 is 0 Å². The molecule has 0 spiro atoms. The molecule has 1 saturated heterocycles. The Kier molecular flexibility index (Phi) is 4.90. The number of hydrogen-bond acceptors (Lipinski definition) is 2. The molecule has 5 heteroatoms. The van der Waals surface area contributed by atoms with Gasteiger partial charge in [0, 0.05) is 6.54 Å². The zero-order chi connectivity index (χ0) is 11.5. The molecule has 0 amide bonds. The van der Waals surface area contributed by atoms with Crippen molar-refractivity contribution in [2.24, 2.45) is 0 Å². The fourth-order valence-electron chi connectivity index (χ4n) is 2.12. The van der Waals surface area contributed by atoms with Crippen LogP contribution in [0.15, 0.2) is 24.3 Å². The standard InChI is InChI=1S/C12H14FNO2.ClH/c13-10-5-3-9(4-6-10)8-14-7-1-2-11(14)12(15)16;/h3-6,11H,1-2,7-8H2,(H,15,16);1H/t11-;/m1./s1. The number of halogens is 2. The predicted octanol–water partition coefficient (Wildman–Crippen LogP) is 2.30. The lowest BCUT2D eigenvalue weighted by atomic mass is 10.2. The molecule has 0 aromatic heterocycles. The molecule has 17 heavy (non-hydrogen) atoms. The fraction of sp³-hybridized carbons (Fsp3) is 0.417. The molecule has 0 saturated carbocycles. The number of likely N-dealkylation sites (tertiary alicyclic amines) is 1. The molecule has 0 bridgehead atoms. The zero-order valence-electron chi connectivity index (χ0n) is 9.30. The maximum atomic E-state index is 12.7. The van der Waals surface area contributed by atoms with E-state index in [2.05, 4.69) is 0 Å². The summed E-state index contributed by atoms with van der Waals surface area (Å²) in [5, 5.41) is 9.00. The molecular weight excluding hydrogens is 245 g/mol. The molecule has 3 nitrogen and oxygen atoms in total. The highest BCUT2D eigenvalue weighted by atomic mass is 35.5. The minimum atomic E-state index is -0.764. The first-order chi connectivity index (χ1) is 7.66. The van der Waals surface area contributed by atoms with Crippen LogP contribution < -0.4 is 0 Å². The van der Waals surface area contributed by atoms with E-state index in [-0.39, 0.29) is 24.3 Å². The summed E-state index contributed by atoms with van der Waals surface area (Å²) < 4.78 is 12.7. The lowest BCUT2D eigenvalue weighted by molar-refractivity contribution is -0.142. The Labute approximate surface area is 106 Å². The zero-order valence-corrected chi connectivity index (χ0v) is 10.1. The highest BCUT2D eigenvalue weighted by Crippen LogP contribution is 2.20. The number of rotatable bonds is 3. The van der Waals surface area contributed by atoms with E-state index in [9.17, 15) is 9.18 Å². The summed E-state index contributed by atoms with van der Waals surface area (Å²) >= 11 is 0. The Hall–Kier alpha value is -1.13. The second kappa shape index (κ2) is 5.98. The molecule has 1 aliphatic rings. The van der Waals surface area contributed by atoms with E-state index in [1.165, 1.54) is 12.1 Å². The minimum absolute atomic E-state index is 0. The summed E-state index contributed by atoms with van der Waals surface area (Å²) in [6, 6.07) is 5.83. The van der Waals surface area contributed by atoms with Gasteiger partial charge in [-0.2, -0.15) is 0 Å². The van der Waals surface area contributed by atoms with Crippen molar-refractivity contribution in [2.75, 3.05) is 6.54 Å². The van der Waals surface area contributed by atoms with Gasteiger partial charge in [0.25, 0.3) is 0 Å². The number of benzene rings is 1. The molecule has 2 rings (SSSR count). The summed E-state index contributed by atoms with van der Waals surface area (Å²) in [5.41, 5.74) is 0.953. The van der Waals surface area contributed by atoms with Crippen molar-refractivity contribution in [1.82, 2.24) is 4.90 Å². The van der Waals surface area contributed by atoms with Gasteiger partial charge in [0.2, 0.25) is 0 Å². The number of nitrogens with zero attached hydrogens (tertiary/aromatic N) is 1. The van der Waals surface area contributed by atoms with Crippen molar-refractivity contribution in [3.05, 3.63) is 35.6 Å². The van der Waals surface area contributed by atoms with E-state index < -0.39 is 5.97 Å². The van der Waals surface area contributed by atoms with Crippen molar-refractivity contribution in [2.45, 2.75) is 25.4 Å². The molecule has 1 atom stereocenters. The van der Waals surface area contributed by atoms with Crippen LogP contribution in [0.5, 0.6) is 0 Å². The van der Waals surface area contributed by atoms with Gasteiger partial charge in [-0.05, 0) is 37.1 Å². The lowest BCUT2D eigenvalue weighted by Gasteiger charge is -2.20. The summed E-state index contributed by atoms with van der Waals surface area (Å²) in [5.74, 6) is -1.03. The molecule has 0 aliphatic carbocycles. The van der Waals surface area contributed by atoms with Crippen LogP contribution in [0, 0.1) is 5.82 Å². The monoisotopic (exact) mass is 259 g/mol. The molecule has 1 aromatic carbocycles. The minimum Gasteiger partial charge on any atom is -0.480 e. The molecule has 94 valence electrons. The molecule has 1 heterocycles. The van der Waals surface area contributed by atoms with Gasteiger partial charge in [-0.3, -0.25) is 9.69 Å². The van der Waals surface area contributed by atoms with Crippen molar-refractivity contribution in [3.8, 4) is 0 Å². The maximum absolute atomic E-state index is 12.7. The highest BCUT2D eigenvalue weighted by Gasteiger charge is 2.30. The lowest BCUT2D eigenvalue weighted by Crippen LogP contribution is -2.35. The molecule has 0 unspecified atom stereocenters. The van der Waals surface area contributed by atoms with E-state index in [4.69, 9.17) is 5.11 Å². The number of hydrogen-bond donors (Lipinski definition) is 1. The van der Waals surface area contributed by atoms with Gasteiger partial charge in [-0.1, -0.05) is 12.1 Å². The van der Waals surface area contributed by atoms with Crippen LogP contribution in [-0.2, 0) is 11.3 Å². The molecule has 1 N–H and O–H groups in total. The van der Waals surface area contributed by atoms with Crippen LogP contribution >= 0.6 is 12.4 Å². The van der Waals surface area contributed by atoms with E-state index in [1.54, 1.807) is 12.1 Å². The average Bonchev–Trinajstić information content (AvgIpc) is 2.69. The van der Waals surface area contributed by atoms with Gasteiger partial charge in [0.1, 0.15) is 11.9 Å². The van der Waals surface area contributed by atoms with E-state index in [0.717, 1.165) is 18.5 Å². The third-order valence-corrected chi connectivity index (χ3v) is 2.95. The Morgan fingerprint density at radius 2 is 2.06 bits per heavy atom. The molecule has 0 radical (unpaired) electrons. The van der Waals surface area contributed by atoms with E-state index in [0.29, 0.717) is 13.0 Å². The molecule has 1 aromatic rings. The first kappa shape index (κ1) is 13.9. The van der Waals surface area contributed by atoms with Crippen LogP contribution in [0.25, 0.3) is 0 Å². The summed E-state index contributed by atoms with van der Waals surface area (Å²) in [6.45, 7) is 1.38. The van der Waals surface area contributed by atoms with Gasteiger partial charge in [0.05, 0.1) is 0 Å². The van der Waals surface area contributed by atoms with Gasteiger partial charge in [-0.25, -0.2) is 4.39 Å². The van der Waals surface area contributed by atoms with Crippen LogP contribution in [0.4, 0.5) is 4.39 Å². The first-order valence-corrected chi connectivity index (χ1v) is 5.38. The van der Waals surface area contributed by atoms with Gasteiger partial charge in [-0.15, -0.1) is 12.4 Å². The Morgan fingerprint density at radius 3 is 2.65 bits per heavy atom. The van der Waals surface area contributed by atoms with Crippen molar-refractivity contribution >= 4 is 18.4 Å². The number of carboxylic acid groups (broad SMARTS) is 1. The van der Waals surface area contributed by atoms with Crippen molar-refractivity contribution in [3.63, 3.8) is 0 Å². The van der Waals surface area contributed by atoms with Gasteiger partial charge >= 0.3 is 5.97 Å². The smallest absolute Gasteiger partial charge is 0.320 e. The Bertz CT molecular complexity index is 383. The topological polar surface area (TPSA) is 40.5 Å². The average molecular weight is 260 g/mol. The van der Waals surface area contributed by atoms with Gasteiger partial charge < -0.3 is 5.11 Å². The Morgan fingerprint density at radius 1 is 1.41 bits per heavy atom. The van der Waals surface area contributed by atoms with Crippen LogP contribution in [0.1, 0.15) is 18.4 Å². The normalized spacial score (nSPS) is 19.9. The van der Waals surface area contributed by atoms with Crippen LogP contribution in [0.2, 0.25) is 0 Å². The SMILES string of the molecule is Cl.O=C(O)[C@H]1CCCN1Cc1ccc(F)cc1. The number of carbonyl (C=O) groups is 1. The van der Waals surface area contributed by atoms with Crippen LogP contribution in [-0.4, -0.2) is 28.6 Å². The molecular formula is C12H15ClFNO2. The summed E-state index contributed by atoms with van der Waals surface area (Å²) in [7, 11) is 0. The Balaban J connectivity index is 0.00000144. The predicted molar refractivity (Wildman–Crippen MR) is 64.7 cm³/mol. The van der Waals surface area contributed by atoms with Crippen molar-refractivity contribution in [1.29, 1.82) is 0 Å². The fourth-order valence-corrected chi connectivity index (χ4v) is 2.12. The highest BCUT2D eigenvalue weighted by molar-refractivity contribution is 5.85. The number of aliphatic carboxylic acids is 1. The second-order valence-corrected chi connectivity index (χ2v) is 4.09. The first-order valence-electron chi connectivity index (χ1n) is 5.38. The third-order valence-electron chi connectivity index (χ3n) is 2.95. The van der Waals surface area contributed by atoms with Crippen molar-refractivity contribution < 1.29 is 14.3 Å².